The van der Waals surface area contributed by atoms with Crippen molar-refractivity contribution in [1.29, 1.82) is 0 Å². The van der Waals surface area contributed by atoms with Crippen LogP contribution >= 0.6 is 11.6 Å². The second-order valence-electron chi connectivity index (χ2n) is 7.71. The van der Waals surface area contributed by atoms with E-state index < -0.39 is 0 Å². The summed E-state index contributed by atoms with van der Waals surface area (Å²) in [5.41, 5.74) is 2.53. The zero-order valence-electron chi connectivity index (χ0n) is 13.2. The van der Waals surface area contributed by atoms with Crippen molar-refractivity contribution in [3.05, 3.63) is 16.4 Å². The predicted molar refractivity (Wildman–Crippen MR) is 85.4 cm³/mol. The Labute approximate surface area is 132 Å². The fourth-order valence-corrected chi connectivity index (χ4v) is 5.84. The number of halogens is 1. The fraction of sp³-hybridized carbons (Fsp3) is 0.824. The van der Waals surface area contributed by atoms with Crippen LogP contribution in [0.2, 0.25) is 5.02 Å². The van der Waals surface area contributed by atoms with Crippen molar-refractivity contribution in [1.82, 2.24) is 15.1 Å². The highest BCUT2D eigenvalue weighted by Crippen LogP contribution is 2.55. The van der Waals surface area contributed by atoms with E-state index in [4.69, 9.17) is 11.6 Å². The maximum atomic E-state index is 6.46. The van der Waals surface area contributed by atoms with Crippen LogP contribution in [-0.4, -0.2) is 15.3 Å². The van der Waals surface area contributed by atoms with Crippen molar-refractivity contribution in [2.24, 2.45) is 17.8 Å². The highest BCUT2D eigenvalue weighted by molar-refractivity contribution is 6.31. The average molecular weight is 308 g/mol. The smallest absolute Gasteiger partial charge is 0.0860 e. The molecule has 0 saturated heterocycles. The molecule has 1 N–H and O–H groups in total. The van der Waals surface area contributed by atoms with Crippen molar-refractivity contribution in [3.63, 3.8) is 0 Å². The van der Waals surface area contributed by atoms with Gasteiger partial charge in [-0.1, -0.05) is 11.6 Å². The van der Waals surface area contributed by atoms with Gasteiger partial charge in [-0.15, -0.1) is 0 Å². The summed E-state index contributed by atoms with van der Waals surface area (Å²) in [5, 5.41) is 9.32. The van der Waals surface area contributed by atoms with Crippen molar-refractivity contribution < 1.29 is 0 Å². The quantitative estimate of drug-likeness (QED) is 0.913. The molecule has 4 aliphatic rings. The van der Waals surface area contributed by atoms with Crippen LogP contribution in [-0.2, 0) is 13.1 Å². The molecule has 4 saturated carbocycles. The monoisotopic (exact) mass is 307 g/mol. The Balaban J connectivity index is 1.52. The molecule has 4 bridgehead atoms. The van der Waals surface area contributed by atoms with E-state index in [-0.39, 0.29) is 0 Å². The number of nitrogens with one attached hydrogen (secondary N) is 1. The molecule has 4 aliphatic carbocycles. The van der Waals surface area contributed by atoms with E-state index in [1.54, 1.807) is 0 Å². The highest BCUT2D eigenvalue weighted by Gasteiger charge is 2.50. The maximum absolute atomic E-state index is 6.46. The van der Waals surface area contributed by atoms with Gasteiger partial charge in [0.25, 0.3) is 0 Å². The van der Waals surface area contributed by atoms with Gasteiger partial charge >= 0.3 is 0 Å². The van der Waals surface area contributed by atoms with E-state index in [9.17, 15) is 0 Å². The van der Waals surface area contributed by atoms with E-state index in [1.165, 1.54) is 44.2 Å². The molecule has 1 aromatic heterocycles. The highest BCUT2D eigenvalue weighted by atomic mass is 35.5. The van der Waals surface area contributed by atoms with Gasteiger partial charge in [-0.25, -0.2) is 0 Å². The first-order chi connectivity index (χ1) is 10.1. The Morgan fingerprint density at radius 1 is 1.19 bits per heavy atom. The lowest BCUT2D eigenvalue weighted by Crippen LogP contribution is -2.58. The topological polar surface area (TPSA) is 29.9 Å². The third-order valence-electron chi connectivity index (χ3n) is 6.12. The number of hydrogen-bond donors (Lipinski definition) is 1. The van der Waals surface area contributed by atoms with Crippen LogP contribution in [0.5, 0.6) is 0 Å². The Hall–Kier alpha value is -0.540. The molecular weight excluding hydrogens is 282 g/mol. The summed E-state index contributed by atoms with van der Waals surface area (Å²) in [6, 6.07) is 0. The Bertz CT molecular complexity index is 513. The zero-order valence-corrected chi connectivity index (χ0v) is 13.9. The summed E-state index contributed by atoms with van der Waals surface area (Å²) >= 11 is 6.46. The van der Waals surface area contributed by atoms with Gasteiger partial charge in [0, 0.05) is 18.6 Å². The molecule has 0 spiro atoms. The maximum Gasteiger partial charge on any atom is 0.0860 e. The third kappa shape index (κ3) is 2.33. The number of rotatable bonds is 4. The van der Waals surface area contributed by atoms with Crippen molar-refractivity contribution in [2.75, 3.05) is 0 Å². The summed E-state index contributed by atoms with van der Waals surface area (Å²) in [7, 11) is 0. The summed E-state index contributed by atoms with van der Waals surface area (Å²) < 4.78 is 2.06. The minimum absolute atomic E-state index is 0.398. The zero-order chi connectivity index (χ0) is 14.6. The van der Waals surface area contributed by atoms with E-state index in [0.717, 1.165) is 41.6 Å². The lowest BCUT2D eigenvalue weighted by atomic mass is 9.53. The first-order valence-electron chi connectivity index (χ1n) is 8.55. The second kappa shape index (κ2) is 4.99. The molecule has 0 aromatic carbocycles. The molecule has 1 heterocycles. The molecule has 0 amide bonds. The van der Waals surface area contributed by atoms with Gasteiger partial charge in [-0.2, -0.15) is 5.10 Å². The SMILES string of the molecule is CCn1nc(C)c(Cl)c1CNC12CC3CC(CC(C3)C1)C2. The van der Waals surface area contributed by atoms with Gasteiger partial charge in [0.05, 0.1) is 16.4 Å². The van der Waals surface area contributed by atoms with Crippen LogP contribution in [0.4, 0.5) is 0 Å². The molecule has 116 valence electrons. The van der Waals surface area contributed by atoms with Gasteiger partial charge < -0.3 is 5.32 Å². The van der Waals surface area contributed by atoms with Crippen molar-refractivity contribution in [3.8, 4) is 0 Å². The standard InChI is InChI=1S/C17H26ClN3/c1-3-21-15(16(18)11(2)20-21)10-19-17-7-12-4-13(8-17)6-14(5-12)9-17/h12-14,19H,3-10H2,1-2H3. The average Bonchev–Trinajstić information content (AvgIpc) is 2.70. The molecule has 4 heteroatoms. The summed E-state index contributed by atoms with van der Waals surface area (Å²) in [5.74, 6) is 2.95. The minimum Gasteiger partial charge on any atom is -0.306 e. The predicted octanol–water partition coefficient (Wildman–Crippen LogP) is 3.92. The van der Waals surface area contributed by atoms with Gasteiger partial charge in [0.1, 0.15) is 0 Å². The van der Waals surface area contributed by atoms with Crippen LogP contribution in [0.15, 0.2) is 0 Å². The molecule has 21 heavy (non-hydrogen) atoms. The van der Waals surface area contributed by atoms with Crippen molar-refractivity contribution >= 4 is 11.6 Å². The molecule has 0 radical (unpaired) electrons. The second-order valence-corrected chi connectivity index (χ2v) is 8.09. The molecule has 1 aromatic rings. The van der Waals surface area contributed by atoms with E-state index in [1.807, 2.05) is 6.92 Å². The Kier molecular flexibility index (Phi) is 3.34. The lowest BCUT2D eigenvalue weighted by Gasteiger charge is -2.57. The fourth-order valence-electron chi connectivity index (χ4n) is 5.64. The number of nitrogens with zero attached hydrogens (tertiary/aromatic N) is 2. The number of hydrogen-bond acceptors (Lipinski definition) is 2. The summed E-state index contributed by atoms with van der Waals surface area (Å²) in [6.07, 6.45) is 8.64. The van der Waals surface area contributed by atoms with Crippen LogP contribution < -0.4 is 5.32 Å². The Morgan fingerprint density at radius 3 is 2.29 bits per heavy atom. The summed E-state index contributed by atoms with van der Waals surface area (Å²) in [6.45, 7) is 5.91. The van der Waals surface area contributed by atoms with Crippen LogP contribution in [0, 0.1) is 24.7 Å². The normalized spacial score (nSPS) is 37.4. The van der Waals surface area contributed by atoms with Crippen molar-refractivity contribution in [2.45, 2.75) is 71.0 Å². The first-order valence-corrected chi connectivity index (χ1v) is 8.93. The third-order valence-corrected chi connectivity index (χ3v) is 6.61. The van der Waals surface area contributed by atoms with Crippen LogP contribution in [0.25, 0.3) is 0 Å². The first kappa shape index (κ1) is 14.1. The van der Waals surface area contributed by atoms with Gasteiger partial charge in [0.15, 0.2) is 0 Å². The van der Waals surface area contributed by atoms with Gasteiger partial charge in [-0.3, -0.25) is 4.68 Å². The van der Waals surface area contributed by atoms with Gasteiger partial charge in [-0.05, 0) is 70.1 Å². The molecular formula is C17H26ClN3. The molecule has 0 atom stereocenters. The van der Waals surface area contributed by atoms with E-state index in [2.05, 4.69) is 22.0 Å². The minimum atomic E-state index is 0.398. The number of aryl methyl sites for hydroxylation is 2. The molecule has 3 nitrogen and oxygen atoms in total. The Morgan fingerprint density at radius 2 is 1.76 bits per heavy atom. The molecule has 4 fully saturated rings. The number of aromatic nitrogens is 2. The van der Waals surface area contributed by atoms with E-state index in [0.29, 0.717) is 5.54 Å². The largest absolute Gasteiger partial charge is 0.306 e. The molecule has 0 unspecified atom stereocenters. The van der Waals surface area contributed by atoms with Crippen LogP contribution in [0.1, 0.15) is 56.8 Å². The van der Waals surface area contributed by atoms with Gasteiger partial charge in [0.2, 0.25) is 0 Å². The van der Waals surface area contributed by atoms with Crippen LogP contribution in [0.3, 0.4) is 0 Å². The molecule has 0 aliphatic heterocycles. The lowest BCUT2D eigenvalue weighted by molar-refractivity contribution is -0.0208. The summed E-state index contributed by atoms with van der Waals surface area (Å²) in [4.78, 5) is 0. The van der Waals surface area contributed by atoms with E-state index >= 15 is 0 Å². The molecule has 5 rings (SSSR count).